The molecule has 0 aromatic carbocycles. The fraction of sp³-hybridized carbons (Fsp3) is 0.714. The number of oxime groups is 1. The average Bonchev–Trinajstić information content (AvgIpc) is 2.79. The van der Waals surface area contributed by atoms with Crippen LogP contribution in [-0.2, 0) is 18.5 Å². The molecule has 1 aliphatic carbocycles. The third kappa shape index (κ3) is 3.56. The molecule has 1 saturated carbocycles. The number of hydrogen-bond acceptors (Lipinski definition) is 3. The first kappa shape index (κ1) is 14.1. The van der Waals surface area contributed by atoms with E-state index in [1.54, 1.807) is 0 Å². The van der Waals surface area contributed by atoms with Gasteiger partial charge in [0.05, 0.1) is 13.2 Å². The number of ether oxygens (including phenoxy) is 1. The SMILES string of the molecule is CC(OCn1cc[n+](C)c1/C=N/O)C1CCCCC1. The second-order valence-corrected chi connectivity index (χ2v) is 5.38. The van der Waals surface area contributed by atoms with Gasteiger partial charge in [-0.2, -0.15) is 0 Å². The first-order valence-corrected chi connectivity index (χ1v) is 7.06. The van der Waals surface area contributed by atoms with Crippen molar-refractivity contribution in [2.24, 2.45) is 18.1 Å². The summed E-state index contributed by atoms with van der Waals surface area (Å²) in [5.41, 5.74) is 0. The lowest BCUT2D eigenvalue weighted by atomic mass is 9.86. The summed E-state index contributed by atoms with van der Waals surface area (Å²) in [6.45, 7) is 2.67. The number of imidazole rings is 1. The van der Waals surface area contributed by atoms with Crippen LogP contribution in [0.15, 0.2) is 17.5 Å². The van der Waals surface area contributed by atoms with Gasteiger partial charge >= 0.3 is 5.82 Å². The molecule has 0 spiro atoms. The Morgan fingerprint density at radius 2 is 2.26 bits per heavy atom. The Morgan fingerprint density at radius 1 is 1.53 bits per heavy atom. The molecule has 0 aliphatic heterocycles. The summed E-state index contributed by atoms with van der Waals surface area (Å²) in [5.74, 6) is 1.51. The fourth-order valence-electron chi connectivity index (χ4n) is 2.80. The van der Waals surface area contributed by atoms with Crippen LogP contribution in [-0.4, -0.2) is 22.1 Å². The summed E-state index contributed by atoms with van der Waals surface area (Å²) in [6, 6.07) is 0. The molecule has 1 unspecified atom stereocenters. The molecule has 19 heavy (non-hydrogen) atoms. The zero-order valence-corrected chi connectivity index (χ0v) is 11.8. The third-order valence-electron chi connectivity index (χ3n) is 4.09. The Morgan fingerprint density at radius 3 is 2.95 bits per heavy atom. The first-order chi connectivity index (χ1) is 9.22. The predicted octanol–water partition coefficient (Wildman–Crippen LogP) is 2.06. The molecule has 2 rings (SSSR count). The maximum atomic E-state index is 8.67. The smallest absolute Gasteiger partial charge is 0.305 e. The summed E-state index contributed by atoms with van der Waals surface area (Å²) in [7, 11) is 1.91. The molecule has 5 heteroatoms. The van der Waals surface area contributed by atoms with Gasteiger partial charge in [-0.3, -0.25) is 0 Å². The maximum absolute atomic E-state index is 8.67. The average molecular weight is 266 g/mol. The maximum Gasteiger partial charge on any atom is 0.305 e. The van der Waals surface area contributed by atoms with Gasteiger partial charge in [-0.15, -0.1) is 0 Å². The highest BCUT2D eigenvalue weighted by Gasteiger charge is 2.22. The second kappa shape index (κ2) is 6.70. The lowest BCUT2D eigenvalue weighted by Gasteiger charge is -2.27. The summed E-state index contributed by atoms with van der Waals surface area (Å²) >= 11 is 0. The molecule has 106 valence electrons. The van der Waals surface area contributed by atoms with Gasteiger partial charge in [-0.05, 0) is 25.7 Å². The first-order valence-electron chi connectivity index (χ1n) is 7.06. The molecule has 0 bridgehead atoms. The quantitative estimate of drug-likeness (QED) is 0.384. The van der Waals surface area contributed by atoms with E-state index in [0.29, 0.717) is 12.6 Å². The standard InChI is InChI=1S/C14H23N3O2/c1-12(13-6-4-3-5-7-13)19-11-17-9-8-16(2)14(17)10-15-18/h8-10,12-13H,3-7,11H2,1-2H3/p+1. The molecular weight excluding hydrogens is 242 g/mol. The highest BCUT2D eigenvalue weighted by atomic mass is 16.5. The Balaban J connectivity index is 1.91. The minimum absolute atomic E-state index is 0.284. The van der Waals surface area contributed by atoms with Crippen LogP contribution in [0.3, 0.4) is 0 Å². The van der Waals surface area contributed by atoms with E-state index in [1.807, 2.05) is 28.6 Å². The molecule has 0 amide bonds. The van der Waals surface area contributed by atoms with Crippen LogP contribution in [0.5, 0.6) is 0 Å². The van der Waals surface area contributed by atoms with Gasteiger partial charge in [-0.25, -0.2) is 9.13 Å². The predicted molar refractivity (Wildman–Crippen MR) is 72.1 cm³/mol. The molecule has 0 saturated heterocycles. The summed E-state index contributed by atoms with van der Waals surface area (Å²) in [5, 5.41) is 11.8. The van der Waals surface area contributed by atoms with Crippen LogP contribution in [0.2, 0.25) is 0 Å². The Kier molecular flexibility index (Phi) is 4.96. The molecule has 0 radical (unpaired) electrons. The minimum atomic E-state index is 0.284. The van der Waals surface area contributed by atoms with Gasteiger partial charge in [0.15, 0.2) is 12.9 Å². The molecule has 1 atom stereocenters. The van der Waals surface area contributed by atoms with Crippen LogP contribution in [0.4, 0.5) is 0 Å². The van der Waals surface area contributed by atoms with Crippen LogP contribution < -0.4 is 4.57 Å². The lowest BCUT2D eigenvalue weighted by Crippen LogP contribution is -2.32. The third-order valence-corrected chi connectivity index (χ3v) is 4.09. The summed E-state index contributed by atoms with van der Waals surface area (Å²) < 4.78 is 9.81. The molecule has 5 nitrogen and oxygen atoms in total. The molecule has 1 aliphatic rings. The highest BCUT2D eigenvalue weighted by molar-refractivity contribution is 5.72. The van der Waals surface area contributed by atoms with E-state index in [4.69, 9.17) is 9.94 Å². The van der Waals surface area contributed by atoms with Crippen molar-refractivity contribution in [2.45, 2.75) is 51.9 Å². The number of aryl methyl sites for hydroxylation is 1. The van der Waals surface area contributed by atoms with E-state index in [2.05, 4.69) is 12.1 Å². The van der Waals surface area contributed by atoms with Gasteiger partial charge in [0.2, 0.25) is 0 Å². The van der Waals surface area contributed by atoms with Crippen molar-refractivity contribution in [3.8, 4) is 0 Å². The van der Waals surface area contributed by atoms with E-state index < -0.39 is 0 Å². The number of hydrogen-bond donors (Lipinski definition) is 1. The Bertz CT molecular complexity index is 422. The summed E-state index contributed by atoms with van der Waals surface area (Å²) in [4.78, 5) is 0. The molecule has 1 aromatic heterocycles. The molecule has 1 fully saturated rings. The van der Waals surface area contributed by atoms with E-state index in [0.717, 1.165) is 5.82 Å². The largest absolute Gasteiger partial charge is 0.411 e. The summed E-state index contributed by atoms with van der Waals surface area (Å²) in [6.07, 6.45) is 12.2. The van der Waals surface area contributed by atoms with Gasteiger partial charge in [0.25, 0.3) is 0 Å². The van der Waals surface area contributed by atoms with Crippen molar-refractivity contribution >= 4 is 6.21 Å². The van der Waals surface area contributed by atoms with E-state index in [1.165, 1.54) is 38.3 Å². The zero-order valence-electron chi connectivity index (χ0n) is 11.8. The van der Waals surface area contributed by atoms with Gasteiger partial charge in [0.1, 0.15) is 12.4 Å². The Labute approximate surface area is 114 Å². The zero-order chi connectivity index (χ0) is 13.7. The van der Waals surface area contributed by atoms with Gasteiger partial charge < -0.3 is 9.94 Å². The monoisotopic (exact) mass is 266 g/mol. The van der Waals surface area contributed by atoms with Crippen molar-refractivity contribution in [1.82, 2.24) is 4.57 Å². The van der Waals surface area contributed by atoms with Gasteiger partial charge in [0, 0.05) is 0 Å². The van der Waals surface area contributed by atoms with E-state index in [-0.39, 0.29) is 6.10 Å². The van der Waals surface area contributed by atoms with Crippen molar-refractivity contribution in [3.63, 3.8) is 0 Å². The highest BCUT2D eigenvalue weighted by Crippen LogP contribution is 2.27. The molecule has 1 aromatic rings. The topological polar surface area (TPSA) is 50.6 Å². The number of aromatic nitrogens is 2. The van der Waals surface area contributed by atoms with Crippen LogP contribution in [0, 0.1) is 5.92 Å². The van der Waals surface area contributed by atoms with Crippen molar-refractivity contribution < 1.29 is 14.5 Å². The van der Waals surface area contributed by atoms with Crippen molar-refractivity contribution in [3.05, 3.63) is 18.2 Å². The fourth-order valence-corrected chi connectivity index (χ4v) is 2.80. The number of nitrogens with zero attached hydrogens (tertiary/aromatic N) is 3. The lowest BCUT2D eigenvalue weighted by molar-refractivity contribution is -0.672. The molecule has 1 heterocycles. The van der Waals surface area contributed by atoms with Crippen molar-refractivity contribution in [1.29, 1.82) is 0 Å². The van der Waals surface area contributed by atoms with Crippen LogP contribution in [0.25, 0.3) is 0 Å². The number of rotatable bonds is 5. The minimum Gasteiger partial charge on any atom is -0.411 e. The van der Waals surface area contributed by atoms with Gasteiger partial charge in [-0.1, -0.05) is 24.4 Å². The van der Waals surface area contributed by atoms with E-state index >= 15 is 0 Å². The van der Waals surface area contributed by atoms with Crippen LogP contribution >= 0.6 is 0 Å². The second-order valence-electron chi connectivity index (χ2n) is 5.38. The normalized spacial score (nSPS) is 19.1. The Hall–Kier alpha value is -1.36. The van der Waals surface area contributed by atoms with Crippen molar-refractivity contribution in [2.75, 3.05) is 0 Å². The van der Waals surface area contributed by atoms with E-state index in [9.17, 15) is 0 Å². The van der Waals surface area contributed by atoms with Crippen LogP contribution in [0.1, 0.15) is 44.9 Å². The molecule has 1 N–H and O–H groups in total. The molecular formula is C14H24N3O2+.